The van der Waals surface area contributed by atoms with Crippen LogP contribution in [-0.4, -0.2) is 41.6 Å². The molecular formula is C15H19FN2O3. The van der Waals surface area contributed by atoms with Gasteiger partial charge >= 0.3 is 12.0 Å². The number of carboxylic acids is 1. The van der Waals surface area contributed by atoms with E-state index in [1.165, 1.54) is 12.1 Å². The Kier molecular flexibility index (Phi) is 5.14. The van der Waals surface area contributed by atoms with Crippen LogP contribution in [-0.2, 0) is 4.79 Å². The zero-order valence-corrected chi connectivity index (χ0v) is 11.7. The van der Waals surface area contributed by atoms with E-state index in [0.29, 0.717) is 26.1 Å². The van der Waals surface area contributed by atoms with Crippen molar-refractivity contribution in [3.8, 4) is 0 Å². The fourth-order valence-corrected chi connectivity index (χ4v) is 2.52. The van der Waals surface area contributed by atoms with Crippen LogP contribution < -0.4 is 5.32 Å². The van der Waals surface area contributed by atoms with Gasteiger partial charge in [-0.1, -0.05) is 12.1 Å². The fourth-order valence-electron chi connectivity index (χ4n) is 2.52. The molecule has 2 N–H and O–H groups in total. The summed E-state index contributed by atoms with van der Waals surface area (Å²) in [6, 6.07) is 6.30. The number of rotatable bonds is 5. The molecule has 1 atom stereocenters. The number of aliphatic carboxylic acids is 1. The maximum Gasteiger partial charge on any atom is 0.317 e. The molecule has 1 fully saturated rings. The van der Waals surface area contributed by atoms with Crippen LogP contribution in [0, 0.1) is 5.82 Å². The first kappa shape index (κ1) is 15.3. The van der Waals surface area contributed by atoms with E-state index in [1.807, 2.05) is 6.07 Å². The number of carbonyl (C=O) groups excluding carboxylic acids is 1. The number of likely N-dealkylation sites (tertiary alicyclic amines) is 1. The molecular weight excluding hydrogens is 275 g/mol. The highest BCUT2D eigenvalue weighted by molar-refractivity contribution is 5.74. The first-order valence-corrected chi connectivity index (χ1v) is 7.06. The summed E-state index contributed by atoms with van der Waals surface area (Å²) >= 11 is 0. The summed E-state index contributed by atoms with van der Waals surface area (Å²) in [6.45, 7) is 1.55. The van der Waals surface area contributed by atoms with Gasteiger partial charge in [0.1, 0.15) is 5.82 Å². The van der Waals surface area contributed by atoms with Gasteiger partial charge in [-0.15, -0.1) is 0 Å². The van der Waals surface area contributed by atoms with Gasteiger partial charge < -0.3 is 15.3 Å². The first-order chi connectivity index (χ1) is 10.1. The van der Waals surface area contributed by atoms with Gasteiger partial charge in [0.2, 0.25) is 0 Å². The Hall–Kier alpha value is -2.11. The third-order valence-electron chi connectivity index (χ3n) is 3.64. The van der Waals surface area contributed by atoms with E-state index in [4.69, 9.17) is 5.11 Å². The molecule has 1 heterocycles. The number of halogens is 1. The van der Waals surface area contributed by atoms with E-state index >= 15 is 0 Å². The van der Waals surface area contributed by atoms with Gasteiger partial charge in [0.25, 0.3) is 0 Å². The molecule has 0 saturated carbocycles. The molecule has 2 amide bonds. The fraction of sp³-hybridized carbons (Fsp3) is 0.467. The molecule has 1 saturated heterocycles. The Bertz CT molecular complexity index is 521. The minimum Gasteiger partial charge on any atom is -0.481 e. The van der Waals surface area contributed by atoms with Crippen LogP contribution in [0.5, 0.6) is 0 Å². The van der Waals surface area contributed by atoms with Crippen molar-refractivity contribution in [3.63, 3.8) is 0 Å². The van der Waals surface area contributed by atoms with Crippen molar-refractivity contribution in [2.24, 2.45) is 0 Å². The smallest absolute Gasteiger partial charge is 0.317 e. The van der Waals surface area contributed by atoms with Crippen LogP contribution in [0.1, 0.15) is 30.7 Å². The molecule has 6 heteroatoms. The summed E-state index contributed by atoms with van der Waals surface area (Å²) < 4.78 is 13.2. The second-order valence-corrected chi connectivity index (χ2v) is 5.22. The molecule has 1 aromatic rings. The lowest BCUT2D eigenvalue weighted by atomic mass is 9.98. The molecule has 0 radical (unpaired) electrons. The van der Waals surface area contributed by atoms with Crippen LogP contribution in [0.3, 0.4) is 0 Å². The highest BCUT2D eigenvalue weighted by Crippen LogP contribution is 2.27. The monoisotopic (exact) mass is 294 g/mol. The summed E-state index contributed by atoms with van der Waals surface area (Å²) in [5, 5.41) is 11.2. The molecule has 21 heavy (non-hydrogen) atoms. The van der Waals surface area contributed by atoms with E-state index in [1.54, 1.807) is 11.0 Å². The third kappa shape index (κ3) is 4.44. The highest BCUT2D eigenvalue weighted by Gasteiger charge is 2.27. The molecule has 0 aromatic heterocycles. The Labute approximate surface area is 122 Å². The largest absolute Gasteiger partial charge is 0.481 e. The van der Waals surface area contributed by atoms with Crippen molar-refractivity contribution in [3.05, 3.63) is 35.6 Å². The minimum absolute atomic E-state index is 0.0478. The van der Waals surface area contributed by atoms with Crippen molar-refractivity contribution in [1.29, 1.82) is 0 Å². The van der Waals surface area contributed by atoms with Gasteiger partial charge in [-0.2, -0.15) is 0 Å². The number of urea groups is 1. The molecule has 114 valence electrons. The van der Waals surface area contributed by atoms with E-state index in [0.717, 1.165) is 12.0 Å². The van der Waals surface area contributed by atoms with Gasteiger partial charge in [-0.25, -0.2) is 9.18 Å². The lowest BCUT2D eigenvalue weighted by Gasteiger charge is -2.17. The summed E-state index contributed by atoms with van der Waals surface area (Å²) in [4.78, 5) is 24.0. The Balaban J connectivity index is 1.79. The summed E-state index contributed by atoms with van der Waals surface area (Å²) in [6.07, 6.45) is 1.28. The van der Waals surface area contributed by atoms with Crippen molar-refractivity contribution in [1.82, 2.24) is 10.2 Å². The third-order valence-corrected chi connectivity index (χ3v) is 3.64. The van der Waals surface area contributed by atoms with Gasteiger partial charge in [-0.05, 0) is 30.5 Å². The maximum atomic E-state index is 13.2. The number of carbonyl (C=O) groups is 2. The quantitative estimate of drug-likeness (QED) is 0.818. The number of hydrogen-bond acceptors (Lipinski definition) is 2. The minimum atomic E-state index is -0.864. The zero-order chi connectivity index (χ0) is 15.2. The molecule has 1 aliphatic rings. The molecule has 0 bridgehead atoms. The molecule has 1 unspecified atom stereocenters. The van der Waals surface area contributed by atoms with Crippen molar-refractivity contribution in [2.75, 3.05) is 19.6 Å². The lowest BCUT2D eigenvalue weighted by Crippen LogP contribution is -2.38. The number of nitrogens with zero attached hydrogens (tertiary/aromatic N) is 1. The molecule has 1 aliphatic heterocycles. The average Bonchev–Trinajstić information content (AvgIpc) is 2.93. The number of hydrogen-bond donors (Lipinski definition) is 2. The van der Waals surface area contributed by atoms with Crippen LogP contribution in [0.15, 0.2) is 24.3 Å². The van der Waals surface area contributed by atoms with Crippen LogP contribution >= 0.6 is 0 Å². The standard InChI is InChI=1S/C15H19FN2O3/c16-13-4-1-3-11(9-13)12-6-8-18(10-12)15(21)17-7-2-5-14(19)20/h1,3-4,9,12H,2,5-8,10H2,(H,17,21)(H,19,20). The predicted octanol–water partition coefficient (Wildman–Crippen LogP) is 2.19. The van der Waals surface area contributed by atoms with Crippen LogP contribution in [0.2, 0.25) is 0 Å². The Morgan fingerprint density at radius 1 is 1.43 bits per heavy atom. The first-order valence-electron chi connectivity index (χ1n) is 7.06. The SMILES string of the molecule is O=C(O)CCCNC(=O)N1CCC(c2cccc(F)c2)C1. The summed E-state index contributed by atoms with van der Waals surface area (Å²) in [5.74, 6) is -0.967. The normalized spacial score (nSPS) is 17.8. The van der Waals surface area contributed by atoms with E-state index in [9.17, 15) is 14.0 Å². The maximum absolute atomic E-state index is 13.2. The zero-order valence-electron chi connectivity index (χ0n) is 11.7. The van der Waals surface area contributed by atoms with Crippen molar-refractivity contribution in [2.45, 2.75) is 25.2 Å². The van der Waals surface area contributed by atoms with Gasteiger partial charge in [0, 0.05) is 32.0 Å². The number of benzene rings is 1. The highest BCUT2D eigenvalue weighted by atomic mass is 19.1. The molecule has 0 aliphatic carbocycles. The van der Waals surface area contributed by atoms with Crippen molar-refractivity contribution < 1.29 is 19.1 Å². The predicted molar refractivity (Wildman–Crippen MR) is 75.6 cm³/mol. The second kappa shape index (κ2) is 7.06. The van der Waals surface area contributed by atoms with Crippen molar-refractivity contribution >= 4 is 12.0 Å². The van der Waals surface area contributed by atoms with E-state index < -0.39 is 5.97 Å². The summed E-state index contributed by atoms with van der Waals surface area (Å²) in [5.41, 5.74) is 0.913. The number of nitrogens with one attached hydrogen (secondary N) is 1. The van der Waals surface area contributed by atoms with E-state index in [2.05, 4.69) is 5.32 Å². The molecule has 0 spiro atoms. The molecule has 2 rings (SSSR count). The Morgan fingerprint density at radius 3 is 2.95 bits per heavy atom. The lowest BCUT2D eigenvalue weighted by molar-refractivity contribution is -0.137. The molecule has 1 aromatic carbocycles. The average molecular weight is 294 g/mol. The number of amides is 2. The van der Waals surface area contributed by atoms with Gasteiger partial charge in [-0.3, -0.25) is 4.79 Å². The van der Waals surface area contributed by atoms with E-state index in [-0.39, 0.29) is 24.2 Å². The molecule has 5 nitrogen and oxygen atoms in total. The summed E-state index contributed by atoms with van der Waals surface area (Å²) in [7, 11) is 0. The Morgan fingerprint density at radius 2 is 2.24 bits per heavy atom. The number of carboxylic acid groups (broad SMARTS) is 1. The topological polar surface area (TPSA) is 69.6 Å². The van der Waals surface area contributed by atoms with Crippen LogP contribution in [0.4, 0.5) is 9.18 Å². The van der Waals surface area contributed by atoms with Gasteiger partial charge in [0.15, 0.2) is 0 Å². The second-order valence-electron chi connectivity index (χ2n) is 5.22. The van der Waals surface area contributed by atoms with Gasteiger partial charge in [0.05, 0.1) is 0 Å². The van der Waals surface area contributed by atoms with Crippen LogP contribution in [0.25, 0.3) is 0 Å².